The summed E-state index contributed by atoms with van der Waals surface area (Å²) >= 11 is 0. The van der Waals surface area contributed by atoms with Crippen LogP contribution in [-0.2, 0) is 4.79 Å². The summed E-state index contributed by atoms with van der Waals surface area (Å²) in [4.78, 5) is 14.2. The van der Waals surface area contributed by atoms with Crippen molar-refractivity contribution in [3.05, 3.63) is 35.4 Å². The molecule has 1 saturated heterocycles. The van der Waals surface area contributed by atoms with Gasteiger partial charge in [0.25, 0.3) is 0 Å². The van der Waals surface area contributed by atoms with Crippen molar-refractivity contribution in [1.82, 2.24) is 10.2 Å². The Kier molecular flexibility index (Phi) is 6.40. The molecule has 1 aliphatic rings. The molecule has 0 saturated carbocycles. The molecule has 122 valence electrons. The molecular formula is C18H28N2O2. The number of nitrogens with one attached hydrogen (secondary N) is 1. The molecule has 0 bridgehead atoms. The van der Waals surface area contributed by atoms with Crippen LogP contribution in [-0.4, -0.2) is 42.1 Å². The number of carbonyl (C=O) groups excluding carboxylic acids is 1. The number of benzene rings is 1. The molecular weight excluding hydrogens is 276 g/mol. The van der Waals surface area contributed by atoms with Crippen molar-refractivity contribution in [3.63, 3.8) is 0 Å². The number of hydrogen-bond donors (Lipinski definition) is 2. The quantitative estimate of drug-likeness (QED) is 0.847. The maximum absolute atomic E-state index is 12.5. The van der Waals surface area contributed by atoms with E-state index in [0.29, 0.717) is 25.4 Å². The number of aliphatic hydroxyl groups is 1. The molecule has 0 aromatic heterocycles. The average molecular weight is 304 g/mol. The topological polar surface area (TPSA) is 52.6 Å². The molecule has 1 aliphatic heterocycles. The first-order valence-electron chi connectivity index (χ1n) is 8.33. The van der Waals surface area contributed by atoms with Crippen molar-refractivity contribution in [2.24, 2.45) is 5.92 Å². The minimum Gasteiger partial charge on any atom is -0.387 e. The average Bonchev–Trinajstić information content (AvgIpc) is 2.53. The molecule has 1 aromatic carbocycles. The van der Waals surface area contributed by atoms with Gasteiger partial charge in [-0.3, -0.25) is 4.79 Å². The summed E-state index contributed by atoms with van der Waals surface area (Å²) in [6.07, 6.45) is 2.14. The van der Waals surface area contributed by atoms with E-state index in [4.69, 9.17) is 0 Å². The van der Waals surface area contributed by atoms with E-state index >= 15 is 0 Å². The fourth-order valence-electron chi connectivity index (χ4n) is 2.97. The number of piperidine rings is 1. The summed E-state index contributed by atoms with van der Waals surface area (Å²) in [5, 5.41) is 13.7. The molecule has 4 nitrogen and oxygen atoms in total. The van der Waals surface area contributed by atoms with Crippen molar-refractivity contribution in [2.45, 2.75) is 39.2 Å². The molecule has 2 rings (SSSR count). The van der Waals surface area contributed by atoms with Gasteiger partial charge in [0.2, 0.25) is 5.91 Å². The van der Waals surface area contributed by atoms with Crippen LogP contribution < -0.4 is 5.32 Å². The Morgan fingerprint density at radius 3 is 2.55 bits per heavy atom. The Morgan fingerprint density at radius 1 is 1.32 bits per heavy atom. The molecule has 22 heavy (non-hydrogen) atoms. The lowest BCUT2D eigenvalue weighted by molar-refractivity contribution is -0.133. The smallest absolute Gasteiger partial charge is 0.222 e. The van der Waals surface area contributed by atoms with E-state index < -0.39 is 6.10 Å². The molecule has 0 radical (unpaired) electrons. The van der Waals surface area contributed by atoms with Gasteiger partial charge in [0.05, 0.1) is 12.6 Å². The van der Waals surface area contributed by atoms with Gasteiger partial charge in [-0.25, -0.2) is 0 Å². The SMILES string of the molecule is CCN(CC(O)c1ccc(C)cc1)C(=O)CC1CCNCC1. The maximum atomic E-state index is 12.5. The molecule has 1 aromatic rings. The first-order valence-corrected chi connectivity index (χ1v) is 8.33. The van der Waals surface area contributed by atoms with Gasteiger partial charge in [0.15, 0.2) is 0 Å². The summed E-state index contributed by atoms with van der Waals surface area (Å²) in [7, 11) is 0. The van der Waals surface area contributed by atoms with Crippen LogP contribution in [0, 0.1) is 12.8 Å². The first-order chi connectivity index (χ1) is 10.6. The molecule has 1 atom stereocenters. The van der Waals surface area contributed by atoms with Gasteiger partial charge in [-0.1, -0.05) is 29.8 Å². The largest absolute Gasteiger partial charge is 0.387 e. The normalized spacial score (nSPS) is 17.2. The number of hydrogen-bond acceptors (Lipinski definition) is 3. The lowest BCUT2D eigenvalue weighted by Gasteiger charge is -2.28. The lowest BCUT2D eigenvalue weighted by atomic mass is 9.94. The highest BCUT2D eigenvalue weighted by Crippen LogP contribution is 2.19. The van der Waals surface area contributed by atoms with Gasteiger partial charge in [0.1, 0.15) is 0 Å². The second-order valence-electron chi connectivity index (χ2n) is 6.26. The second kappa shape index (κ2) is 8.30. The van der Waals surface area contributed by atoms with Crippen LogP contribution in [0.4, 0.5) is 0 Å². The highest BCUT2D eigenvalue weighted by Gasteiger charge is 2.22. The summed E-state index contributed by atoms with van der Waals surface area (Å²) < 4.78 is 0. The number of rotatable bonds is 6. The first kappa shape index (κ1) is 17.0. The van der Waals surface area contributed by atoms with Gasteiger partial charge in [-0.15, -0.1) is 0 Å². The fraction of sp³-hybridized carbons (Fsp3) is 0.611. The van der Waals surface area contributed by atoms with Gasteiger partial charge < -0.3 is 15.3 Å². The zero-order valence-electron chi connectivity index (χ0n) is 13.7. The van der Waals surface area contributed by atoms with Crippen LogP contribution in [0.15, 0.2) is 24.3 Å². The zero-order valence-corrected chi connectivity index (χ0v) is 13.7. The number of likely N-dealkylation sites (N-methyl/N-ethyl adjacent to an activating group) is 1. The van der Waals surface area contributed by atoms with Gasteiger partial charge >= 0.3 is 0 Å². The van der Waals surface area contributed by atoms with Crippen LogP contribution in [0.2, 0.25) is 0 Å². The van der Waals surface area contributed by atoms with Gasteiger partial charge in [-0.2, -0.15) is 0 Å². The van der Waals surface area contributed by atoms with Gasteiger partial charge in [-0.05, 0) is 51.3 Å². The Morgan fingerprint density at radius 2 is 1.95 bits per heavy atom. The highest BCUT2D eigenvalue weighted by molar-refractivity contribution is 5.76. The van der Waals surface area contributed by atoms with E-state index in [-0.39, 0.29) is 5.91 Å². The Labute approximate surface area is 133 Å². The predicted molar refractivity (Wildman–Crippen MR) is 88.6 cm³/mol. The van der Waals surface area contributed by atoms with E-state index in [0.717, 1.165) is 31.5 Å². The predicted octanol–water partition coefficient (Wildman–Crippen LogP) is 2.27. The van der Waals surface area contributed by atoms with Crippen LogP contribution in [0.3, 0.4) is 0 Å². The van der Waals surface area contributed by atoms with Crippen molar-refractivity contribution >= 4 is 5.91 Å². The standard InChI is InChI=1S/C18H28N2O2/c1-3-20(18(22)12-15-8-10-19-11-9-15)13-17(21)16-6-4-14(2)5-7-16/h4-7,15,17,19,21H,3,8-13H2,1-2H3. The second-order valence-corrected chi connectivity index (χ2v) is 6.26. The minimum absolute atomic E-state index is 0.167. The summed E-state index contributed by atoms with van der Waals surface area (Å²) in [5.74, 6) is 0.653. The fourth-order valence-corrected chi connectivity index (χ4v) is 2.97. The van der Waals surface area contributed by atoms with E-state index in [2.05, 4.69) is 5.32 Å². The highest BCUT2D eigenvalue weighted by atomic mass is 16.3. The maximum Gasteiger partial charge on any atom is 0.222 e. The van der Waals surface area contributed by atoms with Crippen molar-refractivity contribution in [1.29, 1.82) is 0 Å². The minimum atomic E-state index is -0.613. The summed E-state index contributed by atoms with van der Waals surface area (Å²) in [6.45, 7) is 7.04. The molecule has 0 spiro atoms. The third-order valence-corrected chi connectivity index (χ3v) is 4.51. The molecule has 4 heteroatoms. The molecule has 1 heterocycles. The van der Waals surface area contributed by atoms with E-state index in [1.54, 1.807) is 4.90 Å². The Balaban J connectivity index is 1.89. The summed E-state index contributed by atoms with van der Waals surface area (Å²) in [5.41, 5.74) is 2.05. The monoisotopic (exact) mass is 304 g/mol. The van der Waals surface area contributed by atoms with Crippen LogP contribution in [0.1, 0.15) is 43.4 Å². The zero-order chi connectivity index (χ0) is 15.9. The third kappa shape index (κ3) is 4.82. The van der Waals surface area contributed by atoms with E-state index in [1.807, 2.05) is 38.1 Å². The van der Waals surface area contributed by atoms with Crippen LogP contribution in [0.25, 0.3) is 0 Å². The van der Waals surface area contributed by atoms with Gasteiger partial charge in [0, 0.05) is 13.0 Å². The molecule has 1 unspecified atom stereocenters. The molecule has 0 aliphatic carbocycles. The number of carbonyl (C=O) groups is 1. The Hall–Kier alpha value is -1.39. The molecule has 1 amide bonds. The van der Waals surface area contributed by atoms with Crippen molar-refractivity contribution in [3.8, 4) is 0 Å². The number of amides is 1. The van der Waals surface area contributed by atoms with Crippen molar-refractivity contribution in [2.75, 3.05) is 26.2 Å². The Bertz CT molecular complexity index is 466. The lowest BCUT2D eigenvalue weighted by Crippen LogP contribution is -2.37. The molecule has 2 N–H and O–H groups in total. The number of aliphatic hydroxyl groups excluding tert-OH is 1. The summed E-state index contributed by atoms with van der Waals surface area (Å²) in [6, 6.07) is 7.85. The number of aryl methyl sites for hydroxylation is 1. The van der Waals surface area contributed by atoms with Crippen molar-refractivity contribution < 1.29 is 9.90 Å². The van der Waals surface area contributed by atoms with Crippen LogP contribution >= 0.6 is 0 Å². The molecule has 1 fully saturated rings. The van der Waals surface area contributed by atoms with E-state index in [9.17, 15) is 9.90 Å². The van der Waals surface area contributed by atoms with Crippen LogP contribution in [0.5, 0.6) is 0 Å². The third-order valence-electron chi connectivity index (χ3n) is 4.51. The van der Waals surface area contributed by atoms with E-state index in [1.165, 1.54) is 5.56 Å². The number of nitrogens with zero attached hydrogens (tertiary/aromatic N) is 1.